The van der Waals surface area contributed by atoms with Crippen molar-refractivity contribution in [2.75, 3.05) is 12.8 Å². The highest BCUT2D eigenvalue weighted by Gasteiger charge is 2.22. The Kier molecular flexibility index (Phi) is 5.91. The first kappa shape index (κ1) is 17.0. The summed E-state index contributed by atoms with van der Waals surface area (Å²) in [6, 6.07) is 10.6. The van der Waals surface area contributed by atoms with Gasteiger partial charge >= 0.3 is 0 Å². The van der Waals surface area contributed by atoms with Crippen molar-refractivity contribution < 1.29 is 4.79 Å². The molecule has 1 aliphatic rings. The second-order valence-corrected chi connectivity index (χ2v) is 7.25. The number of aromatic amines is 1. The molecule has 1 aromatic heterocycles. The molecule has 5 nitrogen and oxygen atoms in total. The lowest BCUT2D eigenvalue weighted by molar-refractivity contribution is -0.129. The number of nitrogens with one attached hydrogen (secondary N) is 1. The molecule has 0 atom stereocenters. The van der Waals surface area contributed by atoms with E-state index in [4.69, 9.17) is 0 Å². The third kappa shape index (κ3) is 4.60. The molecule has 24 heavy (non-hydrogen) atoms. The van der Waals surface area contributed by atoms with Gasteiger partial charge in [0, 0.05) is 19.5 Å². The number of rotatable bonds is 6. The number of benzene rings is 1. The highest BCUT2D eigenvalue weighted by molar-refractivity contribution is 7.99. The van der Waals surface area contributed by atoms with Gasteiger partial charge in [0.15, 0.2) is 0 Å². The van der Waals surface area contributed by atoms with Crippen LogP contribution in [0.4, 0.5) is 0 Å². The Morgan fingerprint density at radius 3 is 2.75 bits per heavy atom. The van der Waals surface area contributed by atoms with Gasteiger partial charge in [-0.05, 0) is 18.4 Å². The molecule has 0 aliphatic heterocycles. The monoisotopic (exact) mass is 344 g/mol. The zero-order chi connectivity index (χ0) is 16.8. The van der Waals surface area contributed by atoms with Crippen molar-refractivity contribution in [3.8, 4) is 0 Å². The highest BCUT2D eigenvalue weighted by atomic mass is 32.2. The Morgan fingerprint density at radius 2 is 2.00 bits per heavy atom. The molecule has 0 bridgehead atoms. The average molecular weight is 344 g/mol. The quantitative estimate of drug-likeness (QED) is 0.817. The molecule has 0 radical (unpaired) electrons. The molecule has 2 aromatic rings. The van der Waals surface area contributed by atoms with Crippen molar-refractivity contribution in [2.24, 2.45) is 0 Å². The van der Waals surface area contributed by atoms with Crippen LogP contribution in [0.25, 0.3) is 0 Å². The van der Waals surface area contributed by atoms with Gasteiger partial charge in [0.1, 0.15) is 5.82 Å². The molecule has 0 spiro atoms. The van der Waals surface area contributed by atoms with Gasteiger partial charge in [0.2, 0.25) is 11.1 Å². The zero-order valence-electron chi connectivity index (χ0n) is 14.1. The number of amides is 1. The van der Waals surface area contributed by atoms with Gasteiger partial charge in [-0.1, -0.05) is 61.4 Å². The van der Waals surface area contributed by atoms with Crippen molar-refractivity contribution in [1.29, 1.82) is 0 Å². The molecule has 1 amide bonds. The van der Waals surface area contributed by atoms with Crippen LogP contribution in [-0.2, 0) is 11.2 Å². The molecule has 3 rings (SSSR count). The van der Waals surface area contributed by atoms with Crippen molar-refractivity contribution in [1.82, 2.24) is 20.1 Å². The topological polar surface area (TPSA) is 61.9 Å². The first-order valence-electron chi connectivity index (χ1n) is 8.56. The van der Waals surface area contributed by atoms with Crippen LogP contribution < -0.4 is 0 Å². The van der Waals surface area contributed by atoms with Crippen LogP contribution in [0, 0.1) is 0 Å². The Hall–Kier alpha value is -1.82. The molecular formula is C18H24N4OS. The summed E-state index contributed by atoms with van der Waals surface area (Å²) in [7, 11) is 1.93. The Labute approximate surface area is 147 Å². The van der Waals surface area contributed by atoms with E-state index >= 15 is 0 Å². The second kappa shape index (κ2) is 8.33. The maximum atomic E-state index is 12.4. The Bertz CT molecular complexity index is 652. The number of carbonyl (C=O) groups is 1. The summed E-state index contributed by atoms with van der Waals surface area (Å²) in [5, 5.41) is 7.82. The zero-order valence-corrected chi connectivity index (χ0v) is 14.9. The van der Waals surface area contributed by atoms with Crippen LogP contribution in [0.1, 0.15) is 43.5 Å². The van der Waals surface area contributed by atoms with Crippen LogP contribution in [0.5, 0.6) is 0 Å². The van der Waals surface area contributed by atoms with Gasteiger partial charge in [0.05, 0.1) is 5.75 Å². The van der Waals surface area contributed by atoms with Crippen LogP contribution >= 0.6 is 11.8 Å². The Morgan fingerprint density at radius 1 is 1.25 bits per heavy atom. The summed E-state index contributed by atoms with van der Waals surface area (Å²) in [4.78, 5) is 18.7. The summed E-state index contributed by atoms with van der Waals surface area (Å²) < 4.78 is 0. The predicted octanol–water partition coefficient (Wildman–Crippen LogP) is 3.28. The summed E-state index contributed by atoms with van der Waals surface area (Å²) in [6.07, 6.45) is 6.76. The number of H-pyrrole nitrogens is 1. The fourth-order valence-corrected chi connectivity index (χ4v) is 3.85. The fraction of sp³-hybridized carbons (Fsp3) is 0.500. The van der Waals surface area contributed by atoms with Crippen LogP contribution in [0.2, 0.25) is 0 Å². The average Bonchev–Trinajstić information content (AvgIpc) is 3.08. The van der Waals surface area contributed by atoms with E-state index in [1.165, 1.54) is 36.6 Å². The van der Waals surface area contributed by atoms with Gasteiger partial charge in [-0.2, -0.15) is 0 Å². The van der Waals surface area contributed by atoms with Gasteiger partial charge in [0.25, 0.3) is 0 Å². The molecule has 1 fully saturated rings. The first-order valence-corrected chi connectivity index (χ1v) is 9.54. The number of hydrogen-bond donors (Lipinski definition) is 1. The van der Waals surface area contributed by atoms with E-state index in [2.05, 4.69) is 27.3 Å². The van der Waals surface area contributed by atoms with E-state index in [1.54, 1.807) is 0 Å². The van der Waals surface area contributed by atoms with Crippen LogP contribution in [0.3, 0.4) is 0 Å². The largest absolute Gasteiger partial charge is 0.342 e. The summed E-state index contributed by atoms with van der Waals surface area (Å²) >= 11 is 1.41. The molecule has 6 heteroatoms. The number of nitrogens with zero attached hydrogens (tertiary/aromatic N) is 3. The third-order valence-electron chi connectivity index (χ3n) is 4.57. The second-order valence-electron chi connectivity index (χ2n) is 6.31. The Balaban J connectivity index is 1.48. The standard InChI is InChI=1S/C18H24N4OS/c1-22(15-10-6-3-7-11-15)17(23)13-24-18-19-16(20-21-18)12-14-8-4-2-5-9-14/h2,4-5,8-9,15H,3,6-7,10-13H2,1H3,(H,19,20,21). The molecule has 1 aromatic carbocycles. The number of carbonyl (C=O) groups excluding carboxylic acids is 1. The molecule has 1 N–H and O–H groups in total. The van der Waals surface area contributed by atoms with Gasteiger partial charge in [-0.25, -0.2) is 4.98 Å². The predicted molar refractivity (Wildman–Crippen MR) is 96.0 cm³/mol. The lowest BCUT2D eigenvalue weighted by Gasteiger charge is -2.31. The van der Waals surface area contributed by atoms with Crippen molar-refractivity contribution in [3.63, 3.8) is 0 Å². The van der Waals surface area contributed by atoms with E-state index in [1.807, 2.05) is 30.1 Å². The minimum Gasteiger partial charge on any atom is -0.342 e. The van der Waals surface area contributed by atoms with E-state index in [9.17, 15) is 4.79 Å². The normalized spacial score (nSPS) is 15.4. The molecule has 0 saturated heterocycles. The molecular weight excluding hydrogens is 320 g/mol. The van der Waals surface area contributed by atoms with Crippen molar-refractivity contribution in [3.05, 3.63) is 41.7 Å². The molecule has 128 valence electrons. The van der Waals surface area contributed by atoms with Gasteiger partial charge in [-0.3, -0.25) is 9.89 Å². The maximum Gasteiger partial charge on any atom is 0.233 e. The lowest BCUT2D eigenvalue weighted by Crippen LogP contribution is -2.39. The van der Waals surface area contributed by atoms with E-state index < -0.39 is 0 Å². The summed E-state index contributed by atoms with van der Waals surface area (Å²) in [5.41, 5.74) is 1.19. The van der Waals surface area contributed by atoms with Crippen molar-refractivity contribution >= 4 is 17.7 Å². The fourth-order valence-electron chi connectivity index (χ4n) is 3.11. The van der Waals surface area contributed by atoms with Gasteiger partial charge < -0.3 is 4.90 Å². The van der Waals surface area contributed by atoms with Crippen LogP contribution in [-0.4, -0.2) is 44.8 Å². The van der Waals surface area contributed by atoms with Gasteiger partial charge in [-0.15, -0.1) is 5.10 Å². The molecule has 1 heterocycles. The number of hydrogen-bond acceptors (Lipinski definition) is 4. The SMILES string of the molecule is CN(C(=O)CSc1n[nH]c(Cc2ccccc2)n1)C1CCCCC1. The third-order valence-corrected chi connectivity index (χ3v) is 5.40. The maximum absolute atomic E-state index is 12.4. The number of aromatic nitrogens is 3. The van der Waals surface area contributed by atoms with E-state index in [0.29, 0.717) is 17.0 Å². The van der Waals surface area contributed by atoms with Crippen LogP contribution in [0.15, 0.2) is 35.5 Å². The smallest absolute Gasteiger partial charge is 0.233 e. The lowest BCUT2D eigenvalue weighted by atomic mass is 9.94. The number of thioether (sulfide) groups is 1. The minimum absolute atomic E-state index is 0.168. The minimum atomic E-state index is 0.168. The molecule has 0 unspecified atom stereocenters. The summed E-state index contributed by atoms with van der Waals surface area (Å²) in [6.45, 7) is 0. The molecule has 1 saturated carbocycles. The molecule has 1 aliphatic carbocycles. The summed E-state index contributed by atoms with van der Waals surface area (Å²) in [5.74, 6) is 1.40. The first-order chi connectivity index (χ1) is 11.7. The van der Waals surface area contributed by atoms with E-state index in [0.717, 1.165) is 25.1 Å². The van der Waals surface area contributed by atoms with Crippen molar-refractivity contribution in [2.45, 2.75) is 49.7 Å². The van der Waals surface area contributed by atoms with E-state index in [-0.39, 0.29) is 5.91 Å². The highest BCUT2D eigenvalue weighted by Crippen LogP contribution is 2.23.